The van der Waals surface area contributed by atoms with Crippen LogP contribution in [0.15, 0.2) is 55.1 Å². The Morgan fingerprint density at radius 1 is 0.931 bits per heavy atom. The van der Waals surface area contributed by atoms with Crippen LogP contribution in [0.2, 0.25) is 0 Å². The molecule has 0 atom stereocenters. The van der Waals surface area contributed by atoms with E-state index in [0.29, 0.717) is 29.0 Å². The molecule has 0 spiro atoms. The molecule has 0 aromatic carbocycles. The first-order valence-corrected chi connectivity index (χ1v) is 8.85. The molecule has 0 saturated heterocycles. The van der Waals surface area contributed by atoms with E-state index >= 15 is 0 Å². The molecule has 5 aromatic rings. The fourth-order valence-corrected chi connectivity index (χ4v) is 3.12. The normalized spacial score (nSPS) is 11.1. The molecule has 0 saturated carbocycles. The number of nitrogen functional groups attached to an aromatic ring is 1. The number of aromatic nitrogens is 8. The van der Waals surface area contributed by atoms with Crippen LogP contribution in [-0.4, -0.2) is 39.5 Å². The van der Waals surface area contributed by atoms with Crippen LogP contribution >= 0.6 is 0 Å². The van der Waals surface area contributed by atoms with E-state index in [4.69, 9.17) is 10.7 Å². The molecule has 0 unspecified atom stereocenters. The second kappa shape index (κ2) is 6.68. The number of nitrogens with one attached hydrogen (secondary N) is 2. The number of aromatic amines is 1. The third-order valence-electron chi connectivity index (χ3n) is 4.36. The SMILES string of the molecule is Cc1nc(N)nc(-c2c(Nc3ccn[nH]3)nc3ccc(-c4ccncc4)cn23)n1. The Kier molecular flexibility index (Phi) is 3.87. The van der Waals surface area contributed by atoms with Crippen LogP contribution in [0.4, 0.5) is 17.6 Å². The highest BCUT2D eigenvalue weighted by Gasteiger charge is 2.19. The largest absolute Gasteiger partial charge is 0.368 e. The summed E-state index contributed by atoms with van der Waals surface area (Å²) in [5.74, 6) is 2.38. The lowest BCUT2D eigenvalue weighted by Gasteiger charge is -2.08. The minimum atomic E-state index is 0.153. The first-order chi connectivity index (χ1) is 14.2. The monoisotopic (exact) mass is 384 g/mol. The van der Waals surface area contributed by atoms with E-state index in [-0.39, 0.29) is 5.95 Å². The van der Waals surface area contributed by atoms with Crippen molar-refractivity contribution >= 4 is 23.2 Å². The lowest BCUT2D eigenvalue weighted by Crippen LogP contribution is -2.05. The van der Waals surface area contributed by atoms with E-state index in [2.05, 4.69) is 35.5 Å². The number of imidazole rings is 1. The van der Waals surface area contributed by atoms with Gasteiger partial charge in [-0.15, -0.1) is 0 Å². The fraction of sp³-hybridized carbons (Fsp3) is 0.0526. The molecule has 4 N–H and O–H groups in total. The van der Waals surface area contributed by atoms with Crippen LogP contribution < -0.4 is 11.1 Å². The van der Waals surface area contributed by atoms with Crippen molar-refractivity contribution in [2.45, 2.75) is 6.92 Å². The number of hydrogen-bond donors (Lipinski definition) is 3. The van der Waals surface area contributed by atoms with Gasteiger partial charge in [0.25, 0.3) is 0 Å². The van der Waals surface area contributed by atoms with Gasteiger partial charge in [-0.1, -0.05) is 0 Å². The summed E-state index contributed by atoms with van der Waals surface area (Å²) in [6.07, 6.45) is 7.16. The zero-order chi connectivity index (χ0) is 19.8. The third-order valence-corrected chi connectivity index (χ3v) is 4.36. The van der Waals surface area contributed by atoms with Crippen LogP contribution in [0.1, 0.15) is 5.82 Å². The molecule has 0 bridgehead atoms. The van der Waals surface area contributed by atoms with Gasteiger partial charge < -0.3 is 11.1 Å². The number of fused-ring (bicyclic) bond motifs is 1. The van der Waals surface area contributed by atoms with Crippen LogP contribution in [-0.2, 0) is 0 Å². The average molecular weight is 384 g/mol. The summed E-state index contributed by atoms with van der Waals surface area (Å²) >= 11 is 0. The molecule has 0 amide bonds. The van der Waals surface area contributed by atoms with Crippen molar-refractivity contribution < 1.29 is 0 Å². The van der Waals surface area contributed by atoms with Gasteiger partial charge in [-0.2, -0.15) is 15.1 Å². The minimum absolute atomic E-state index is 0.153. The molecule has 142 valence electrons. The lowest BCUT2D eigenvalue weighted by atomic mass is 10.1. The van der Waals surface area contributed by atoms with Crippen molar-refractivity contribution in [1.29, 1.82) is 0 Å². The summed E-state index contributed by atoms with van der Waals surface area (Å²) in [6, 6.07) is 9.66. The number of rotatable bonds is 4. The zero-order valence-corrected chi connectivity index (χ0v) is 15.4. The van der Waals surface area contributed by atoms with Gasteiger partial charge in [0, 0.05) is 24.7 Å². The number of H-pyrrole nitrogens is 1. The molecule has 5 aromatic heterocycles. The van der Waals surface area contributed by atoms with Gasteiger partial charge in [0.15, 0.2) is 11.6 Å². The lowest BCUT2D eigenvalue weighted by molar-refractivity contribution is 0.983. The number of nitrogens with two attached hydrogens (primary N) is 1. The van der Waals surface area contributed by atoms with E-state index in [9.17, 15) is 0 Å². The molecular formula is C19H16N10. The predicted molar refractivity (Wildman–Crippen MR) is 108 cm³/mol. The summed E-state index contributed by atoms with van der Waals surface area (Å²) in [4.78, 5) is 21.7. The molecule has 5 heterocycles. The second-order valence-corrected chi connectivity index (χ2v) is 6.35. The molecule has 0 aliphatic carbocycles. The van der Waals surface area contributed by atoms with Crippen LogP contribution in [0, 0.1) is 6.92 Å². The van der Waals surface area contributed by atoms with Crippen molar-refractivity contribution in [3.8, 4) is 22.6 Å². The summed E-state index contributed by atoms with van der Waals surface area (Å²) in [6.45, 7) is 1.77. The first kappa shape index (κ1) is 16.8. The zero-order valence-electron chi connectivity index (χ0n) is 15.4. The standard InChI is InChI=1S/C19H16N10/c1-11-23-17(27-19(20)24-11)16-18(25-14-6-9-22-28-14)26-15-3-2-13(10-29(15)16)12-4-7-21-8-5-12/h2-10H,1H3,(H2,22,25,28)(H2,20,23,24,27). The first-order valence-electron chi connectivity index (χ1n) is 8.85. The Hall–Kier alpha value is -4.34. The van der Waals surface area contributed by atoms with Crippen molar-refractivity contribution in [2.24, 2.45) is 0 Å². The molecule has 0 radical (unpaired) electrons. The number of anilines is 3. The second-order valence-electron chi connectivity index (χ2n) is 6.35. The minimum Gasteiger partial charge on any atom is -0.368 e. The summed E-state index contributed by atoms with van der Waals surface area (Å²) in [5, 5.41) is 10.1. The third kappa shape index (κ3) is 3.12. The number of hydrogen-bond acceptors (Lipinski definition) is 8. The van der Waals surface area contributed by atoms with Gasteiger partial charge >= 0.3 is 0 Å². The van der Waals surface area contributed by atoms with Gasteiger partial charge in [-0.25, -0.2) is 9.97 Å². The van der Waals surface area contributed by atoms with Crippen molar-refractivity contribution in [3.63, 3.8) is 0 Å². The highest BCUT2D eigenvalue weighted by molar-refractivity contribution is 5.77. The average Bonchev–Trinajstić information content (AvgIpc) is 3.35. The van der Waals surface area contributed by atoms with E-state index < -0.39 is 0 Å². The summed E-state index contributed by atoms with van der Waals surface area (Å²) in [7, 11) is 0. The van der Waals surface area contributed by atoms with E-state index in [1.807, 2.05) is 40.9 Å². The topological polar surface area (TPSA) is 136 Å². The Bertz CT molecular complexity index is 1270. The number of aryl methyl sites for hydroxylation is 1. The predicted octanol–water partition coefficient (Wildman–Crippen LogP) is 2.61. The quantitative estimate of drug-likeness (QED) is 0.430. The number of pyridine rings is 2. The van der Waals surface area contributed by atoms with E-state index in [1.165, 1.54) is 0 Å². The Labute approximate surface area is 164 Å². The highest BCUT2D eigenvalue weighted by atomic mass is 15.2. The van der Waals surface area contributed by atoms with E-state index in [0.717, 1.165) is 16.8 Å². The van der Waals surface area contributed by atoms with Crippen molar-refractivity contribution in [3.05, 3.63) is 60.9 Å². The molecule has 0 aliphatic heterocycles. The molecule has 0 aliphatic rings. The van der Waals surface area contributed by atoms with Crippen molar-refractivity contribution in [1.82, 2.24) is 39.5 Å². The molecule has 10 heteroatoms. The van der Waals surface area contributed by atoms with Gasteiger partial charge in [-0.3, -0.25) is 14.5 Å². The Morgan fingerprint density at radius 3 is 2.55 bits per heavy atom. The van der Waals surface area contributed by atoms with Gasteiger partial charge in [0.1, 0.15) is 23.0 Å². The molecule has 0 fully saturated rings. The van der Waals surface area contributed by atoms with Crippen LogP contribution in [0.25, 0.3) is 28.3 Å². The van der Waals surface area contributed by atoms with Gasteiger partial charge in [-0.05, 0) is 42.3 Å². The van der Waals surface area contributed by atoms with Crippen molar-refractivity contribution in [2.75, 3.05) is 11.1 Å². The Balaban J connectivity index is 1.75. The molecule has 29 heavy (non-hydrogen) atoms. The molecule has 5 rings (SSSR count). The van der Waals surface area contributed by atoms with Gasteiger partial charge in [0.2, 0.25) is 5.95 Å². The fourth-order valence-electron chi connectivity index (χ4n) is 3.12. The van der Waals surface area contributed by atoms with Gasteiger partial charge in [0.05, 0.1) is 6.20 Å². The Morgan fingerprint density at radius 2 is 1.79 bits per heavy atom. The maximum absolute atomic E-state index is 5.88. The van der Waals surface area contributed by atoms with Crippen LogP contribution in [0.5, 0.6) is 0 Å². The smallest absolute Gasteiger partial charge is 0.223 e. The summed E-state index contributed by atoms with van der Waals surface area (Å²) < 4.78 is 1.93. The molecule has 10 nitrogen and oxygen atoms in total. The van der Waals surface area contributed by atoms with Crippen LogP contribution in [0.3, 0.4) is 0 Å². The van der Waals surface area contributed by atoms with E-state index in [1.54, 1.807) is 25.5 Å². The highest BCUT2D eigenvalue weighted by Crippen LogP contribution is 2.31. The number of nitrogens with zero attached hydrogens (tertiary/aromatic N) is 7. The maximum Gasteiger partial charge on any atom is 0.223 e. The summed E-state index contributed by atoms with van der Waals surface area (Å²) in [5.41, 5.74) is 9.33. The molecular weight excluding hydrogens is 368 g/mol. The maximum atomic E-state index is 5.88.